The summed E-state index contributed by atoms with van der Waals surface area (Å²) in [5.41, 5.74) is 7.59. The predicted molar refractivity (Wildman–Crippen MR) is 79.9 cm³/mol. The molecule has 5 nitrogen and oxygen atoms in total. The number of aromatic amines is 1. The van der Waals surface area contributed by atoms with Gasteiger partial charge in [-0.05, 0) is 31.8 Å². The molecular formula is C12H16ClN5S. The zero-order valence-electron chi connectivity index (χ0n) is 10.6. The highest BCUT2D eigenvalue weighted by Crippen LogP contribution is 2.45. The van der Waals surface area contributed by atoms with Crippen molar-refractivity contribution in [3.63, 3.8) is 0 Å². The maximum atomic E-state index is 8.09. The number of fused-ring (bicyclic) bond motifs is 1. The third kappa shape index (κ3) is 2.17. The number of nitrogens with one attached hydrogen (secondary N) is 3. The van der Waals surface area contributed by atoms with E-state index in [-0.39, 0.29) is 0 Å². The Balaban J connectivity index is 1.95. The summed E-state index contributed by atoms with van der Waals surface area (Å²) in [6, 6.07) is 0.520. The summed E-state index contributed by atoms with van der Waals surface area (Å²) in [5, 5.41) is 19.3. The molecule has 1 aromatic rings. The predicted octanol–water partition coefficient (Wildman–Crippen LogP) is 2.75. The van der Waals surface area contributed by atoms with E-state index in [9.17, 15) is 0 Å². The van der Waals surface area contributed by atoms with Crippen molar-refractivity contribution in [1.29, 1.82) is 5.41 Å². The van der Waals surface area contributed by atoms with Crippen LogP contribution in [-0.2, 0) is 0 Å². The molecule has 7 heteroatoms. The van der Waals surface area contributed by atoms with Crippen LogP contribution < -0.4 is 11.1 Å². The minimum atomic E-state index is -0.576. The van der Waals surface area contributed by atoms with Crippen molar-refractivity contribution in [3.05, 3.63) is 11.3 Å². The highest BCUT2D eigenvalue weighted by Gasteiger charge is 2.32. The molecule has 102 valence electrons. The molecule has 1 aromatic heterocycles. The van der Waals surface area contributed by atoms with E-state index in [4.69, 9.17) is 22.7 Å². The quantitative estimate of drug-likeness (QED) is 0.510. The van der Waals surface area contributed by atoms with Crippen LogP contribution in [0.4, 0.5) is 5.82 Å². The van der Waals surface area contributed by atoms with Crippen LogP contribution in [0.1, 0.15) is 31.9 Å². The third-order valence-electron chi connectivity index (χ3n) is 3.66. The van der Waals surface area contributed by atoms with Crippen molar-refractivity contribution in [2.24, 2.45) is 5.73 Å². The molecule has 1 fully saturated rings. The van der Waals surface area contributed by atoms with Gasteiger partial charge in [-0.1, -0.05) is 11.8 Å². The fourth-order valence-electron chi connectivity index (χ4n) is 2.23. The minimum absolute atomic E-state index is 0.480. The number of nitrogens with zero attached hydrogens (tertiary/aromatic N) is 1. The second kappa shape index (κ2) is 4.85. The van der Waals surface area contributed by atoms with Crippen molar-refractivity contribution >= 4 is 39.8 Å². The first-order valence-electron chi connectivity index (χ1n) is 6.30. The van der Waals surface area contributed by atoms with Crippen molar-refractivity contribution in [1.82, 2.24) is 10.2 Å². The molecule has 2 heterocycles. The smallest absolute Gasteiger partial charge is 0.162 e. The summed E-state index contributed by atoms with van der Waals surface area (Å²) >= 11 is 7.34. The van der Waals surface area contributed by atoms with Gasteiger partial charge in [0.05, 0.1) is 10.6 Å². The number of rotatable bonds is 3. The summed E-state index contributed by atoms with van der Waals surface area (Å²) in [4.78, 5) is 0.989. The van der Waals surface area contributed by atoms with Crippen LogP contribution >= 0.6 is 23.4 Å². The fourth-order valence-corrected chi connectivity index (χ4v) is 3.35. The number of thioether (sulfide) groups is 1. The number of alkyl halides is 1. The zero-order valence-corrected chi connectivity index (χ0v) is 12.2. The van der Waals surface area contributed by atoms with Crippen molar-refractivity contribution in [3.8, 4) is 0 Å². The lowest BCUT2D eigenvalue weighted by Gasteiger charge is -2.26. The molecule has 0 amide bonds. The van der Waals surface area contributed by atoms with E-state index in [0.29, 0.717) is 11.1 Å². The van der Waals surface area contributed by atoms with E-state index >= 15 is 0 Å². The number of aromatic nitrogens is 2. The first-order chi connectivity index (χ1) is 9.08. The Kier molecular flexibility index (Phi) is 3.32. The Morgan fingerprint density at radius 2 is 2.37 bits per heavy atom. The first kappa shape index (κ1) is 13.0. The number of anilines is 1. The van der Waals surface area contributed by atoms with Crippen LogP contribution in [0.15, 0.2) is 10.5 Å². The number of nitrogens with two attached hydrogens (primary N) is 1. The standard InChI is InChI=1S/C12H16ClN5S/c1-5(10(13)14)7-8-9(19-11(7)15)12(18-17-8)16-6-3-2-4-6/h6,10,15H,2-4,14H2,1H3,(H2,16,17,18)/b7-5-,15-11?. The maximum Gasteiger partial charge on any atom is 0.162 e. The fraction of sp³-hybridized carbons (Fsp3) is 0.500. The summed E-state index contributed by atoms with van der Waals surface area (Å²) < 4.78 is 0. The molecule has 2 aliphatic rings. The Labute approximate surface area is 120 Å². The van der Waals surface area contributed by atoms with Gasteiger partial charge in [-0.25, -0.2) is 0 Å². The minimum Gasteiger partial charge on any atom is -0.365 e. The molecule has 3 rings (SSSR count). The first-order valence-corrected chi connectivity index (χ1v) is 7.55. The number of H-pyrrole nitrogens is 1. The highest BCUT2D eigenvalue weighted by molar-refractivity contribution is 8.15. The molecule has 1 saturated carbocycles. The van der Waals surface area contributed by atoms with E-state index in [2.05, 4.69) is 15.5 Å². The van der Waals surface area contributed by atoms with Gasteiger partial charge in [0.15, 0.2) is 5.82 Å². The van der Waals surface area contributed by atoms with E-state index in [1.165, 1.54) is 31.0 Å². The largest absolute Gasteiger partial charge is 0.365 e. The number of halogens is 1. The summed E-state index contributed by atoms with van der Waals surface area (Å²) in [6.07, 6.45) is 3.66. The molecule has 5 N–H and O–H groups in total. The molecule has 0 bridgehead atoms. The monoisotopic (exact) mass is 297 g/mol. The molecule has 19 heavy (non-hydrogen) atoms. The molecule has 1 aliphatic heterocycles. The Bertz CT molecular complexity index is 558. The average Bonchev–Trinajstić information content (AvgIpc) is 2.81. The second-order valence-corrected chi connectivity index (χ2v) is 6.43. The van der Waals surface area contributed by atoms with Crippen LogP contribution in [0.3, 0.4) is 0 Å². The molecule has 1 aliphatic carbocycles. The van der Waals surface area contributed by atoms with Crippen molar-refractivity contribution in [2.75, 3.05) is 5.32 Å². The molecule has 1 atom stereocenters. The van der Waals surface area contributed by atoms with Crippen LogP contribution in [0.2, 0.25) is 0 Å². The molecular weight excluding hydrogens is 282 g/mol. The topological polar surface area (TPSA) is 90.6 Å². The lowest BCUT2D eigenvalue weighted by Crippen LogP contribution is -2.27. The van der Waals surface area contributed by atoms with E-state index in [0.717, 1.165) is 27.6 Å². The van der Waals surface area contributed by atoms with Gasteiger partial charge in [0, 0.05) is 11.6 Å². The van der Waals surface area contributed by atoms with Crippen molar-refractivity contribution < 1.29 is 0 Å². The Morgan fingerprint density at radius 3 is 2.95 bits per heavy atom. The van der Waals surface area contributed by atoms with Gasteiger partial charge in [-0.2, -0.15) is 5.10 Å². The van der Waals surface area contributed by atoms with Gasteiger partial charge in [-0.3, -0.25) is 10.5 Å². The SMILES string of the molecule is C/C(=C1/C(=N)Sc2c(NC3CCC3)n[nH]c21)C(N)Cl. The van der Waals surface area contributed by atoms with Crippen LogP contribution in [-0.4, -0.2) is 26.8 Å². The summed E-state index contributed by atoms with van der Waals surface area (Å²) in [5.74, 6) is 0.848. The van der Waals surface area contributed by atoms with Gasteiger partial charge in [0.2, 0.25) is 0 Å². The lowest BCUT2D eigenvalue weighted by atomic mass is 9.93. The van der Waals surface area contributed by atoms with E-state index in [1.54, 1.807) is 0 Å². The van der Waals surface area contributed by atoms with E-state index in [1.807, 2.05) is 6.92 Å². The third-order valence-corrected chi connectivity index (χ3v) is 4.99. The van der Waals surface area contributed by atoms with Crippen molar-refractivity contribution in [2.45, 2.75) is 42.6 Å². The van der Waals surface area contributed by atoms with Crippen LogP contribution in [0, 0.1) is 5.41 Å². The van der Waals surface area contributed by atoms with E-state index < -0.39 is 5.50 Å². The van der Waals surface area contributed by atoms with Gasteiger partial charge in [0.25, 0.3) is 0 Å². The molecule has 0 spiro atoms. The highest BCUT2D eigenvalue weighted by atomic mass is 35.5. The summed E-state index contributed by atoms with van der Waals surface area (Å²) in [7, 11) is 0. The van der Waals surface area contributed by atoms with Gasteiger partial charge >= 0.3 is 0 Å². The van der Waals surface area contributed by atoms with Gasteiger partial charge < -0.3 is 11.1 Å². The van der Waals surface area contributed by atoms with Gasteiger partial charge in [0.1, 0.15) is 10.5 Å². The maximum absolute atomic E-state index is 8.09. The summed E-state index contributed by atoms with van der Waals surface area (Å²) in [6.45, 7) is 1.86. The van der Waals surface area contributed by atoms with Crippen LogP contribution in [0.5, 0.6) is 0 Å². The lowest BCUT2D eigenvalue weighted by molar-refractivity contribution is 0.444. The zero-order chi connectivity index (χ0) is 13.6. The molecule has 1 unspecified atom stereocenters. The molecule has 0 saturated heterocycles. The molecule has 0 radical (unpaired) electrons. The Hall–Kier alpha value is -0.980. The number of hydrogen-bond donors (Lipinski definition) is 4. The van der Waals surface area contributed by atoms with Crippen LogP contribution in [0.25, 0.3) is 5.57 Å². The van der Waals surface area contributed by atoms with Gasteiger partial charge in [-0.15, -0.1) is 11.6 Å². The second-order valence-electron chi connectivity index (χ2n) is 4.94. The normalized spacial score (nSPS) is 23.0. The average molecular weight is 298 g/mol. The Morgan fingerprint density at radius 1 is 1.63 bits per heavy atom. The molecule has 0 aromatic carbocycles. The number of hydrogen-bond acceptors (Lipinski definition) is 5.